The van der Waals surface area contributed by atoms with Gasteiger partial charge in [0.05, 0.1) is 18.9 Å². The standard InChI is InChI=1S/C18H28N4O4/c1-12-8-14(19)20-9-13(12)22-11-18(26-16(22)24)6-5-7-21(10-18)15(23)25-17(2,3)4/h9,12H,5-8,10-11H2,1-4H3,(H2,19,20). The molecule has 0 saturated carbocycles. The van der Waals surface area contributed by atoms with E-state index in [1.165, 1.54) is 0 Å². The first-order valence-electron chi connectivity index (χ1n) is 9.09. The van der Waals surface area contributed by atoms with Gasteiger partial charge in [0.2, 0.25) is 0 Å². The summed E-state index contributed by atoms with van der Waals surface area (Å²) in [5.41, 5.74) is 5.34. The molecule has 0 aromatic carbocycles. The first-order valence-corrected chi connectivity index (χ1v) is 9.09. The predicted molar refractivity (Wildman–Crippen MR) is 96.4 cm³/mol. The molecule has 1 spiro atoms. The molecule has 0 aromatic heterocycles. The van der Waals surface area contributed by atoms with E-state index in [1.54, 1.807) is 16.0 Å². The van der Waals surface area contributed by atoms with Gasteiger partial charge in [-0.2, -0.15) is 0 Å². The number of nitrogens with two attached hydrogens (primary N) is 1. The molecule has 3 rings (SSSR count). The first kappa shape index (κ1) is 18.5. The second kappa shape index (κ2) is 6.48. The third kappa shape index (κ3) is 3.78. The maximum absolute atomic E-state index is 12.5. The predicted octanol–water partition coefficient (Wildman–Crippen LogP) is 2.45. The summed E-state index contributed by atoms with van der Waals surface area (Å²) in [4.78, 5) is 32.4. The van der Waals surface area contributed by atoms with E-state index in [1.807, 2.05) is 27.7 Å². The van der Waals surface area contributed by atoms with E-state index in [-0.39, 0.29) is 18.1 Å². The molecule has 2 atom stereocenters. The summed E-state index contributed by atoms with van der Waals surface area (Å²) >= 11 is 0. The highest BCUT2D eigenvalue weighted by molar-refractivity contribution is 5.83. The summed E-state index contributed by atoms with van der Waals surface area (Å²) in [5, 5.41) is 0. The molecule has 8 heteroatoms. The van der Waals surface area contributed by atoms with Gasteiger partial charge in [-0.15, -0.1) is 0 Å². The van der Waals surface area contributed by atoms with Crippen molar-refractivity contribution in [3.05, 3.63) is 11.9 Å². The Bertz CT molecular complexity index is 667. The summed E-state index contributed by atoms with van der Waals surface area (Å²) < 4.78 is 11.2. The van der Waals surface area contributed by atoms with Crippen LogP contribution in [0.2, 0.25) is 0 Å². The summed E-state index contributed by atoms with van der Waals surface area (Å²) in [6, 6.07) is 0. The summed E-state index contributed by atoms with van der Waals surface area (Å²) in [7, 11) is 0. The second-order valence-electron chi connectivity index (χ2n) is 8.42. The second-order valence-corrected chi connectivity index (χ2v) is 8.42. The van der Waals surface area contributed by atoms with Crippen LogP contribution < -0.4 is 5.73 Å². The molecule has 2 saturated heterocycles. The molecule has 3 aliphatic rings. The normalized spacial score (nSPS) is 29.4. The maximum Gasteiger partial charge on any atom is 0.414 e. The average molecular weight is 364 g/mol. The van der Waals surface area contributed by atoms with Gasteiger partial charge in [0.1, 0.15) is 11.2 Å². The van der Waals surface area contributed by atoms with Crippen molar-refractivity contribution in [3.63, 3.8) is 0 Å². The number of hydrogen-bond donors (Lipinski definition) is 1. The van der Waals surface area contributed by atoms with Crippen LogP contribution in [0.4, 0.5) is 9.59 Å². The lowest BCUT2D eigenvalue weighted by Gasteiger charge is -2.39. The minimum Gasteiger partial charge on any atom is -0.444 e. The van der Waals surface area contributed by atoms with E-state index in [0.717, 1.165) is 18.5 Å². The zero-order valence-electron chi connectivity index (χ0n) is 15.9. The van der Waals surface area contributed by atoms with Gasteiger partial charge in [0, 0.05) is 30.8 Å². The van der Waals surface area contributed by atoms with Crippen molar-refractivity contribution >= 4 is 18.0 Å². The molecule has 144 valence electrons. The summed E-state index contributed by atoms with van der Waals surface area (Å²) in [6.45, 7) is 8.89. The number of nitrogens with zero attached hydrogens (tertiary/aromatic N) is 3. The van der Waals surface area contributed by atoms with Crippen LogP contribution in [0.15, 0.2) is 16.9 Å². The van der Waals surface area contributed by atoms with Gasteiger partial charge in [-0.05, 0) is 33.6 Å². The molecule has 2 amide bonds. The third-order valence-electron chi connectivity index (χ3n) is 4.86. The largest absolute Gasteiger partial charge is 0.444 e. The Morgan fingerprint density at radius 1 is 1.42 bits per heavy atom. The monoisotopic (exact) mass is 364 g/mol. The van der Waals surface area contributed by atoms with Crippen LogP contribution in [0.5, 0.6) is 0 Å². The maximum atomic E-state index is 12.5. The number of hydrogen-bond acceptors (Lipinski definition) is 6. The van der Waals surface area contributed by atoms with Crippen molar-refractivity contribution in [1.29, 1.82) is 0 Å². The van der Waals surface area contributed by atoms with E-state index >= 15 is 0 Å². The van der Waals surface area contributed by atoms with Crippen molar-refractivity contribution in [1.82, 2.24) is 9.80 Å². The molecule has 2 fully saturated rings. The number of piperidine rings is 1. The van der Waals surface area contributed by atoms with Crippen molar-refractivity contribution in [2.24, 2.45) is 16.6 Å². The third-order valence-corrected chi connectivity index (χ3v) is 4.86. The smallest absolute Gasteiger partial charge is 0.414 e. The lowest BCUT2D eigenvalue weighted by Crippen LogP contribution is -2.53. The lowest BCUT2D eigenvalue weighted by atomic mass is 9.92. The minimum atomic E-state index is -0.695. The number of carbonyl (C=O) groups is 2. The highest BCUT2D eigenvalue weighted by atomic mass is 16.6. The van der Waals surface area contributed by atoms with Gasteiger partial charge in [0.15, 0.2) is 0 Å². The Hall–Kier alpha value is -2.25. The number of amides is 2. The molecule has 8 nitrogen and oxygen atoms in total. The fourth-order valence-electron chi connectivity index (χ4n) is 3.70. The van der Waals surface area contributed by atoms with Gasteiger partial charge >= 0.3 is 12.2 Å². The summed E-state index contributed by atoms with van der Waals surface area (Å²) in [5.74, 6) is 0.665. The Morgan fingerprint density at radius 2 is 2.15 bits per heavy atom. The van der Waals surface area contributed by atoms with E-state index < -0.39 is 11.2 Å². The van der Waals surface area contributed by atoms with E-state index in [9.17, 15) is 9.59 Å². The topological polar surface area (TPSA) is 97.5 Å². The summed E-state index contributed by atoms with van der Waals surface area (Å²) in [6.07, 6.45) is 3.01. The Kier molecular flexibility index (Phi) is 4.62. The van der Waals surface area contributed by atoms with Crippen LogP contribution in [0, 0.1) is 5.92 Å². The zero-order valence-corrected chi connectivity index (χ0v) is 15.9. The number of amidine groups is 1. The highest BCUT2D eigenvalue weighted by Gasteiger charge is 2.50. The fourth-order valence-corrected chi connectivity index (χ4v) is 3.70. The SMILES string of the molecule is CC1CC(N)=NC=C1N1CC2(CCCN(C(=O)OC(C)(C)C)C2)OC1=O. The molecule has 2 unspecified atom stereocenters. The highest BCUT2D eigenvalue weighted by Crippen LogP contribution is 2.36. The molecule has 0 aliphatic carbocycles. The van der Waals surface area contributed by atoms with Gasteiger partial charge in [0.25, 0.3) is 0 Å². The molecule has 0 bridgehead atoms. The van der Waals surface area contributed by atoms with Crippen molar-refractivity contribution in [3.8, 4) is 0 Å². The minimum absolute atomic E-state index is 0.0979. The van der Waals surface area contributed by atoms with Crippen molar-refractivity contribution in [2.45, 2.75) is 58.2 Å². The van der Waals surface area contributed by atoms with Gasteiger partial charge in [-0.1, -0.05) is 6.92 Å². The Labute approximate surface area is 154 Å². The Morgan fingerprint density at radius 3 is 2.81 bits per heavy atom. The zero-order chi connectivity index (χ0) is 19.1. The van der Waals surface area contributed by atoms with Crippen LogP contribution in [0.3, 0.4) is 0 Å². The van der Waals surface area contributed by atoms with Crippen LogP contribution in [0.25, 0.3) is 0 Å². The molecule has 2 N–H and O–H groups in total. The fraction of sp³-hybridized carbons (Fsp3) is 0.722. The molecule has 3 aliphatic heterocycles. The first-order chi connectivity index (χ1) is 12.1. The van der Waals surface area contributed by atoms with Crippen molar-refractivity contribution < 1.29 is 19.1 Å². The number of aliphatic imine (C=N–C) groups is 1. The van der Waals surface area contributed by atoms with Crippen LogP contribution >= 0.6 is 0 Å². The molecule has 26 heavy (non-hydrogen) atoms. The number of likely N-dealkylation sites (tertiary alicyclic amines) is 1. The van der Waals surface area contributed by atoms with Crippen molar-refractivity contribution in [2.75, 3.05) is 19.6 Å². The number of carbonyl (C=O) groups excluding carboxylic acids is 2. The van der Waals surface area contributed by atoms with Crippen LogP contribution in [-0.2, 0) is 9.47 Å². The molecule has 0 aromatic rings. The van der Waals surface area contributed by atoms with Crippen LogP contribution in [0.1, 0.15) is 47.0 Å². The van der Waals surface area contributed by atoms with Gasteiger partial charge in [-0.3, -0.25) is 4.90 Å². The van der Waals surface area contributed by atoms with Gasteiger partial charge < -0.3 is 20.1 Å². The van der Waals surface area contributed by atoms with E-state index in [0.29, 0.717) is 31.9 Å². The average Bonchev–Trinajstić information content (AvgIpc) is 2.81. The number of ether oxygens (including phenoxy) is 2. The van der Waals surface area contributed by atoms with Gasteiger partial charge in [-0.25, -0.2) is 14.6 Å². The van der Waals surface area contributed by atoms with E-state index in [2.05, 4.69) is 4.99 Å². The number of rotatable bonds is 1. The molecular formula is C18H28N4O4. The molecular weight excluding hydrogens is 336 g/mol. The van der Waals surface area contributed by atoms with E-state index in [4.69, 9.17) is 15.2 Å². The number of allylic oxidation sites excluding steroid dienone is 1. The van der Waals surface area contributed by atoms with Crippen LogP contribution in [-0.4, -0.2) is 58.7 Å². The molecule has 3 heterocycles. The quantitative estimate of drug-likeness (QED) is 0.771. The lowest BCUT2D eigenvalue weighted by molar-refractivity contribution is -0.0278. The molecule has 0 radical (unpaired) electrons. The Balaban J connectivity index is 1.73.